The van der Waals surface area contributed by atoms with Gasteiger partial charge in [-0.05, 0) is 17.5 Å². The average Bonchev–Trinajstić information content (AvgIpc) is 2.91. The van der Waals surface area contributed by atoms with Gasteiger partial charge in [-0.1, -0.05) is 30.3 Å². The van der Waals surface area contributed by atoms with E-state index in [1.807, 2.05) is 43.6 Å². The molecular weight excluding hydrogens is 282 g/mol. The number of aliphatic carboxylic acids is 1. The standard InChI is InChI=1S/C16H19N3O3/c1-19-11-13(10-17-19)7-8-15(20)18-14(16(21)22)9-12-5-3-2-4-6-12/h2-6,10-11,14H,7-9H2,1H3,(H,18,20)(H,21,22). The lowest BCUT2D eigenvalue weighted by molar-refractivity contribution is -0.141. The molecule has 1 atom stereocenters. The van der Waals surface area contributed by atoms with Gasteiger partial charge in [-0.15, -0.1) is 0 Å². The minimum atomic E-state index is -1.03. The van der Waals surface area contributed by atoms with Crippen LogP contribution in [-0.4, -0.2) is 32.8 Å². The predicted molar refractivity (Wildman–Crippen MR) is 81.2 cm³/mol. The third kappa shape index (κ3) is 4.73. The summed E-state index contributed by atoms with van der Waals surface area (Å²) < 4.78 is 1.67. The van der Waals surface area contributed by atoms with Gasteiger partial charge in [0.2, 0.25) is 5.91 Å². The van der Waals surface area contributed by atoms with E-state index in [-0.39, 0.29) is 18.7 Å². The Hall–Kier alpha value is -2.63. The molecular formula is C16H19N3O3. The predicted octanol–water partition coefficient (Wildman–Crippen LogP) is 1.16. The van der Waals surface area contributed by atoms with Crippen LogP contribution in [0.2, 0.25) is 0 Å². The first-order valence-corrected chi connectivity index (χ1v) is 7.08. The van der Waals surface area contributed by atoms with Gasteiger partial charge in [0, 0.05) is 26.1 Å². The number of carboxylic acid groups (broad SMARTS) is 1. The Morgan fingerprint density at radius 3 is 2.59 bits per heavy atom. The molecule has 0 spiro atoms. The minimum absolute atomic E-state index is 0.240. The van der Waals surface area contributed by atoms with Crippen LogP contribution in [0, 0.1) is 0 Å². The van der Waals surface area contributed by atoms with E-state index in [4.69, 9.17) is 0 Å². The first kappa shape index (κ1) is 15.8. The van der Waals surface area contributed by atoms with E-state index in [2.05, 4.69) is 10.4 Å². The van der Waals surface area contributed by atoms with Crippen LogP contribution in [0.3, 0.4) is 0 Å². The third-order valence-corrected chi connectivity index (χ3v) is 3.32. The summed E-state index contributed by atoms with van der Waals surface area (Å²) in [6.45, 7) is 0. The van der Waals surface area contributed by atoms with Crippen molar-refractivity contribution < 1.29 is 14.7 Å². The van der Waals surface area contributed by atoms with Crippen molar-refractivity contribution in [2.75, 3.05) is 0 Å². The molecule has 2 N–H and O–H groups in total. The summed E-state index contributed by atoms with van der Waals surface area (Å²) in [6.07, 6.45) is 4.59. The highest BCUT2D eigenvalue weighted by atomic mass is 16.4. The maximum atomic E-state index is 11.9. The van der Waals surface area contributed by atoms with Crippen LogP contribution in [0.15, 0.2) is 42.7 Å². The lowest BCUT2D eigenvalue weighted by Crippen LogP contribution is -2.42. The molecule has 0 aliphatic rings. The molecule has 1 amide bonds. The minimum Gasteiger partial charge on any atom is -0.480 e. The number of aromatic nitrogens is 2. The number of carbonyl (C=O) groups excluding carboxylic acids is 1. The van der Waals surface area contributed by atoms with E-state index >= 15 is 0 Å². The average molecular weight is 301 g/mol. The van der Waals surface area contributed by atoms with Crippen molar-refractivity contribution in [3.05, 3.63) is 53.9 Å². The molecule has 6 heteroatoms. The second-order valence-corrected chi connectivity index (χ2v) is 5.17. The molecule has 0 aliphatic carbocycles. The molecule has 1 aromatic carbocycles. The fraction of sp³-hybridized carbons (Fsp3) is 0.312. The lowest BCUT2D eigenvalue weighted by Gasteiger charge is -2.14. The van der Waals surface area contributed by atoms with Gasteiger partial charge in [0.05, 0.1) is 6.20 Å². The monoisotopic (exact) mass is 301 g/mol. The van der Waals surface area contributed by atoms with Gasteiger partial charge >= 0.3 is 5.97 Å². The fourth-order valence-electron chi connectivity index (χ4n) is 2.18. The third-order valence-electron chi connectivity index (χ3n) is 3.32. The topological polar surface area (TPSA) is 84.2 Å². The Labute approximate surface area is 128 Å². The molecule has 2 rings (SSSR count). The van der Waals surface area contributed by atoms with E-state index in [1.165, 1.54) is 0 Å². The summed E-state index contributed by atoms with van der Waals surface area (Å²) in [5.41, 5.74) is 1.83. The van der Waals surface area contributed by atoms with Crippen molar-refractivity contribution >= 4 is 11.9 Å². The number of benzene rings is 1. The zero-order chi connectivity index (χ0) is 15.9. The maximum absolute atomic E-state index is 11.9. The molecule has 22 heavy (non-hydrogen) atoms. The van der Waals surface area contributed by atoms with Crippen LogP contribution in [0.25, 0.3) is 0 Å². The summed E-state index contributed by atoms with van der Waals surface area (Å²) in [5, 5.41) is 15.9. The number of aryl methyl sites for hydroxylation is 2. The van der Waals surface area contributed by atoms with Crippen LogP contribution < -0.4 is 5.32 Å². The molecule has 0 saturated carbocycles. The largest absolute Gasteiger partial charge is 0.480 e. The first-order chi connectivity index (χ1) is 10.5. The summed E-state index contributed by atoms with van der Waals surface area (Å²) in [7, 11) is 1.81. The fourth-order valence-corrected chi connectivity index (χ4v) is 2.18. The first-order valence-electron chi connectivity index (χ1n) is 7.08. The summed E-state index contributed by atoms with van der Waals surface area (Å²) in [5.74, 6) is -1.30. The SMILES string of the molecule is Cn1cc(CCC(=O)NC(Cc2ccccc2)C(=O)O)cn1. The lowest BCUT2D eigenvalue weighted by atomic mass is 10.1. The number of carbonyl (C=O) groups is 2. The number of carboxylic acids is 1. The van der Waals surface area contributed by atoms with Crippen LogP contribution in [-0.2, 0) is 29.5 Å². The van der Waals surface area contributed by atoms with E-state index in [1.54, 1.807) is 10.9 Å². The van der Waals surface area contributed by atoms with Gasteiger partial charge in [-0.3, -0.25) is 9.48 Å². The second kappa shape index (κ2) is 7.40. The van der Waals surface area contributed by atoms with Gasteiger partial charge in [0.15, 0.2) is 0 Å². The van der Waals surface area contributed by atoms with Gasteiger partial charge in [0.25, 0.3) is 0 Å². The van der Waals surface area contributed by atoms with Crippen molar-refractivity contribution in [2.45, 2.75) is 25.3 Å². The number of hydrogen-bond donors (Lipinski definition) is 2. The van der Waals surface area contributed by atoms with Crippen LogP contribution >= 0.6 is 0 Å². The Bertz CT molecular complexity index is 637. The van der Waals surface area contributed by atoms with Gasteiger partial charge in [0.1, 0.15) is 6.04 Å². The molecule has 0 fully saturated rings. The summed E-state index contributed by atoms with van der Waals surface area (Å²) >= 11 is 0. The van der Waals surface area contributed by atoms with E-state index in [0.29, 0.717) is 6.42 Å². The van der Waals surface area contributed by atoms with Crippen LogP contribution in [0.1, 0.15) is 17.5 Å². The Morgan fingerprint density at radius 2 is 2.00 bits per heavy atom. The van der Waals surface area contributed by atoms with E-state index in [0.717, 1.165) is 11.1 Å². The van der Waals surface area contributed by atoms with Gasteiger partial charge < -0.3 is 10.4 Å². The Morgan fingerprint density at radius 1 is 1.27 bits per heavy atom. The molecule has 1 unspecified atom stereocenters. The zero-order valence-corrected chi connectivity index (χ0v) is 12.4. The van der Waals surface area contributed by atoms with E-state index in [9.17, 15) is 14.7 Å². The number of hydrogen-bond acceptors (Lipinski definition) is 3. The molecule has 0 radical (unpaired) electrons. The molecule has 2 aromatic rings. The van der Waals surface area contributed by atoms with Crippen molar-refractivity contribution in [1.29, 1.82) is 0 Å². The second-order valence-electron chi connectivity index (χ2n) is 5.17. The maximum Gasteiger partial charge on any atom is 0.326 e. The smallest absolute Gasteiger partial charge is 0.326 e. The van der Waals surface area contributed by atoms with Crippen LogP contribution in [0.4, 0.5) is 0 Å². The van der Waals surface area contributed by atoms with Crippen molar-refractivity contribution in [3.63, 3.8) is 0 Å². The van der Waals surface area contributed by atoms with Gasteiger partial charge in [-0.2, -0.15) is 5.10 Å². The number of rotatable bonds is 7. The molecule has 6 nitrogen and oxygen atoms in total. The molecule has 0 bridgehead atoms. The zero-order valence-electron chi connectivity index (χ0n) is 12.4. The highest BCUT2D eigenvalue weighted by molar-refractivity contribution is 5.83. The van der Waals surface area contributed by atoms with Crippen LogP contribution in [0.5, 0.6) is 0 Å². The molecule has 1 heterocycles. The Kier molecular flexibility index (Phi) is 5.30. The summed E-state index contributed by atoms with van der Waals surface area (Å²) in [4.78, 5) is 23.2. The molecule has 0 aliphatic heterocycles. The summed E-state index contributed by atoms with van der Waals surface area (Å²) in [6, 6.07) is 8.34. The van der Waals surface area contributed by atoms with Crippen molar-refractivity contribution in [2.24, 2.45) is 7.05 Å². The van der Waals surface area contributed by atoms with E-state index < -0.39 is 12.0 Å². The van der Waals surface area contributed by atoms with Crippen molar-refractivity contribution in [3.8, 4) is 0 Å². The quantitative estimate of drug-likeness (QED) is 0.804. The molecule has 116 valence electrons. The number of amides is 1. The number of nitrogens with zero attached hydrogens (tertiary/aromatic N) is 2. The Balaban J connectivity index is 1.87. The van der Waals surface area contributed by atoms with Crippen molar-refractivity contribution in [1.82, 2.24) is 15.1 Å². The normalized spacial score (nSPS) is 11.9. The van der Waals surface area contributed by atoms with Gasteiger partial charge in [-0.25, -0.2) is 4.79 Å². The highest BCUT2D eigenvalue weighted by Gasteiger charge is 2.20. The molecule has 0 saturated heterocycles. The number of nitrogens with one attached hydrogen (secondary N) is 1. The highest BCUT2D eigenvalue weighted by Crippen LogP contribution is 2.05. The molecule has 1 aromatic heterocycles.